The van der Waals surface area contributed by atoms with Crippen LogP contribution in [-0.4, -0.2) is 59.7 Å². The second-order valence-electron chi connectivity index (χ2n) is 7.62. The summed E-state index contributed by atoms with van der Waals surface area (Å²) < 4.78 is 0. The Morgan fingerprint density at radius 2 is 1.96 bits per heavy atom. The number of nitrogens with zero attached hydrogens (tertiary/aromatic N) is 2. The number of nitrogens with two attached hydrogens (primary N) is 1. The highest BCUT2D eigenvalue weighted by atomic mass is 35.5. The van der Waals surface area contributed by atoms with E-state index in [9.17, 15) is 14.4 Å². The highest BCUT2D eigenvalue weighted by Gasteiger charge is 2.40. The maximum Gasteiger partial charge on any atom is 0.255 e. The van der Waals surface area contributed by atoms with E-state index >= 15 is 0 Å². The maximum atomic E-state index is 13.3. The Morgan fingerprint density at radius 3 is 2.68 bits per heavy atom. The van der Waals surface area contributed by atoms with Gasteiger partial charge in [-0.05, 0) is 50.9 Å². The van der Waals surface area contributed by atoms with Gasteiger partial charge in [0, 0.05) is 30.4 Å². The van der Waals surface area contributed by atoms with Crippen molar-refractivity contribution in [1.29, 1.82) is 0 Å². The number of amides is 3. The lowest BCUT2D eigenvalue weighted by molar-refractivity contribution is -0.128. The van der Waals surface area contributed by atoms with Gasteiger partial charge in [0.05, 0.1) is 10.6 Å². The van der Waals surface area contributed by atoms with Crippen molar-refractivity contribution in [1.82, 2.24) is 15.2 Å². The van der Waals surface area contributed by atoms with Gasteiger partial charge in [0.25, 0.3) is 11.8 Å². The van der Waals surface area contributed by atoms with Crippen LogP contribution in [0.2, 0.25) is 5.02 Å². The largest absolute Gasteiger partial charge is 0.334 e. The Morgan fingerprint density at radius 1 is 1.21 bits per heavy atom. The number of benzene rings is 1. The van der Waals surface area contributed by atoms with Crippen LogP contribution in [0, 0.1) is 0 Å². The van der Waals surface area contributed by atoms with Crippen LogP contribution in [0.25, 0.3) is 0 Å². The molecule has 150 valence electrons. The van der Waals surface area contributed by atoms with Crippen LogP contribution in [0.4, 0.5) is 5.69 Å². The Labute approximate surface area is 168 Å². The van der Waals surface area contributed by atoms with Gasteiger partial charge in [0.2, 0.25) is 5.91 Å². The van der Waals surface area contributed by atoms with Crippen LogP contribution < -0.4 is 16.6 Å². The van der Waals surface area contributed by atoms with E-state index < -0.39 is 17.7 Å². The molecule has 28 heavy (non-hydrogen) atoms. The number of rotatable bonds is 4. The number of likely N-dealkylation sites (tertiary alicyclic amines) is 2. The van der Waals surface area contributed by atoms with Crippen molar-refractivity contribution in [2.75, 3.05) is 31.5 Å². The molecule has 4 rings (SSSR count). The van der Waals surface area contributed by atoms with Crippen LogP contribution in [0.3, 0.4) is 0 Å². The molecule has 1 aromatic carbocycles. The molecule has 2 atom stereocenters. The summed E-state index contributed by atoms with van der Waals surface area (Å²) in [7, 11) is 0. The lowest BCUT2D eigenvalue weighted by Crippen LogP contribution is -2.42. The van der Waals surface area contributed by atoms with Crippen LogP contribution >= 0.6 is 11.6 Å². The number of anilines is 1. The molecule has 2 fully saturated rings. The zero-order chi connectivity index (χ0) is 19.8. The standard InChI is InChI=1S/C19H24ClN5O3/c20-16-12(5-6-13-14(16)15(17(26)22-13)18(27)23-21)19(28)25-9-3-4-11(25)10-24-7-1-2-8-24/h5-6,11,15H,1-4,7-10,21H2,(H,22,26)(H,23,27)/t11-,15?/m1/s1. The minimum Gasteiger partial charge on any atom is -0.334 e. The zero-order valence-electron chi connectivity index (χ0n) is 15.5. The fourth-order valence-electron chi connectivity index (χ4n) is 4.53. The first-order valence-corrected chi connectivity index (χ1v) is 10.1. The van der Waals surface area contributed by atoms with Gasteiger partial charge in [-0.3, -0.25) is 19.8 Å². The monoisotopic (exact) mass is 405 g/mol. The number of hydrogen-bond acceptors (Lipinski definition) is 5. The topological polar surface area (TPSA) is 108 Å². The predicted octanol–water partition coefficient (Wildman–Crippen LogP) is 1.07. The molecule has 8 nitrogen and oxygen atoms in total. The van der Waals surface area contributed by atoms with Gasteiger partial charge in [-0.1, -0.05) is 11.6 Å². The molecule has 3 heterocycles. The SMILES string of the molecule is NNC(=O)C1C(=O)Nc2ccc(C(=O)N3CCC[C@@H]3CN3CCCC3)c(Cl)c21. The van der Waals surface area contributed by atoms with Crippen molar-refractivity contribution >= 4 is 35.0 Å². The van der Waals surface area contributed by atoms with Gasteiger partial charge in [0.1, 0.15) is 5.92 Å². The zero-order valence-corrected chi connectivity index (χ0v) is 16.3. The average Bonchev–Trinajstić information content (AvgIpc) is 3.41. The number of carbonyl (C=O) groups is 3. The van der Waals surface area contributed by atoms with E-state index in [1.54, 1.807) is 12.1 Å². The van der Waals surface area contributed by atoms with E-state index in [0.717, 1.165) is 32.5 Å². The van der Waals surface area contributed by atoms with Gasteiger partial charge in [-0.15, -0.1) is 0 Å². The lowest BCUT2D eigenvalue weighted by atomic mass is 9.97. The Hall–Kier alpha value is -2.16. The Kier molecular flexibility index (Phi) is 5.27. The van der Waals surface area contributed by atoms with Gasteiger partial charge in [-0.25, -0.2) is 5.84 Å². The van der Waals surface area contributed by atoms with Gasteiger partial charge in [0.15, 0.2) is 0 Å². The van der Waals surface area contributed by atoms with Crippen LogP contribution in [0.15, 0.2) is 12.1 Å². The molecule has 0 radical (unpaired) electrons. The van der Waals surface area contributed by atoms with Crippen LogP contribution in [-0.2, 0) is 9.59 Å². The first-order chi connectivity index (χ1) is 13.5. The van der Waals surface area contributed by atoms with E-state index in [1.807, 2.05) is 10.3 Å². The Bertz CT molecular complexity index is 816. The smallest absolute Gasteiger partial charge is 0.255 e. The van der Waals surface area contributed by atoms with Gasteiger partial charge in [-0.2, -0.15) is 0 Å². The summed E-state index contributed by atoms with van der Waals surface area (Å²) >= 11 is 6.54. The van der Waals surface area contributed by atoms with E-state index in [0.29, 0.717) is 23.4 Å². The molecule has 3 aliphatic rings. The summed E-state index contributed by atoms with van der Waals surface area (Å²) in [6.45, 7) is 3.74. The molecule has 0 bridgehead atoms. The van der Waals surface area contributed by atoms with Gasteiger partial charge >= 0.3 is 0 Å². The molecule has 4 N–H and O–H groups in total. The molecule has 0 saturated carbocycles. The van der Waals surface area contributed by atoms with Crippen molar-refractivity contribution in [2.45, 2.75) is 37.6 Å². The summed E-state index contributed by atoms with van der Waals surface area (Å²) in [5.41, 5.74) is 3.07. The van der Waals surface area contributed by atoms with Crippen molar-refractivity contribution in [2.24, 2.45) is 5.84 Å². The highest BCUT2D eigenvalue weighted by molar-refractivity contribution is 6.37. The summed E-state index contributed by atoms with van der Waals surface area (Å²) in [5, 5.41) is 2.76. The van der Waals surface area contributed by atoms with E-state index in [4.69, 9.17) is 17.4 Å². The normalized spacial score (nSPS) is 24.4. The first kappa shape index (κ1) is 19.2. The number of carbonyl (C=O) groups excluding carboxylic acids is 3. The third-order valence-electron chi connectivity index (χ3n) is 5.93. The minimum atomic E-state index is -1.15. The summed E-state index contributed by atoms with van der Waals surface area (Å²) in [6, 6.07) is 3.41. The molecule has 3 amide bonds. The number of hydrazine groups is 1. The molecule has 0 aromatic heterocycles. The fourth-order valence-corrected chi connectivity index (χ4v) is 4.88. The summed E-state index contributed by atoms with van der Waals surface area (Å²) in [4.78, 5) is 41.8. The quantitative estimate of drug-likeness (QED) is 0.300. The third-order valence-corrected chi connectivity index (χ3v) is 6.34. The first-order valence-electron chi connectivity index (χ1n) is 9.68. The molecule has 0 aliphatic carbocycles. The van der Waals surface area contributed by atoms with Crippen molar-refractivity contribution in [3.05, 3.63) is 28.3 Å². The molecular weight excluding hydrogens is 382 g/mol. The second-order valence-corrected chi connectivity index (χ2v) is 8.00. The molecule has 9 heteroatoms. The van der Waals surface area contributed by atoms with Crippen LogP contribution in [0.1, 0.15) is 47.5 Å². The fraction of sp³-hybridized carbons (Fsp3) is 0.526. The molecule has 0 spiro atoms. The Balaban J connectivity index is 1.61. The minimum absolute atomic E-state index is 0.140. The average molecular weight is 406 g/mol. The number of halogens is 1. The second kappa shape index (κ2) is 7.69. The number of hydrogen-bond donors (Lipinski definition) is 3. The molecule has 1 unspecified atom stereocenters. The third kappa shape index (κ3) is 3.25. The summed E-state index contributed by atoms with van der Waals surface area (Å²) in [5.74, 6) is 2.75. The highest BCUT2D eigenvalue weighted by Crippen LogP contribution is 2.40. The van der Waals surface area contributed by atoms with Gasteiger partial charge < -0.3 is 15.1 Å². The molecule has 1 aromatic rings. The predicted molar refractivity (Wildman–Crippen MR) is 105 cm³/mol. The summed E-state index contributed by atoms with van der Waals surface area (Å²) in [6.07, 6.45) is 4.36. The number of nitrogens with one attached hydrogen (secondary N) is 2. The van der Waals surface area contributed by atoms with Crippen molar-refractivity contribution < 1.29 is 14.4 Å². The van der Waals surface area contributed by atoms with Crippen molar-refractivity contribution in [3.63, 3.8) is 0 Å². The van der Waals surface area contributed by atoms with Crippen LogP contribution in [0.5, 0.6) is 0 Å². The van der Waals surface area contributed by atoms with E-state index in [-0.39, 0.29) is 17.0 Å². The number of fused-ring (bicyclic) bond motifs is 1. The van der Waals surface area contributed by atoms with E-state index in [2.05, 4.69) is 10.2 Å². The molecule has 2 saturated heterocycles. The molecular formula is C19H24ClN5O3. The van der Waals surface area contributed by atoms with Crippen molar-refractivity contribution in [3.8, 4) is 0 Å². The van der Waals surface area contributed by atoms with E-state index in [1.165, 1.54) is 12.8 Å². The maximum absolute atomic E-state index is 13.3. The molecule has 3 aliphatic heterocycles. The lowest BCUT2D eigenvalue weighted by Gasteiger charge is -2.29.